The molecule has 6 nitrogen and oxygen atoms in total. The minimum absolute atomic E-state index is 0.271. The Balaban J connectivity index is 2.39. The summed E-state index contributed by atoms with van der Waals surface area (Å²) in [6.45, 7) is 4.72. The normalized spacial score (nSPS) is 21.6. The summed E-state index contributed by atoms with van der Waals surface area (Å²) in [7, 11) is 3.74. The number of carboxylic acid groups (broad SMARTS) is 1. The lowest BCUT2D eigenvalue weighted by Gasteiger charge is -2.44. The minimum Gasteiger partial charge on any atom is -0.480 e. The van der Waals surface area contributed by atoms with E-state index in [1.807, 2.05) is 37.7 Å². The van der Waals surface area contributed by atoms with Crippen LogP contribution in [0.25, 0.3) is 0 Å². The lowest BCUT2D eigenvalue weighted by molar-refractivity contribution is -0.142. The summed E-state index contributed by atoms with van der Waals surface area (Å²) < 4.78 is 0. The van der Waals surface area contributed by atoms with Gasteiger partial charge in [0.25, 0.3) is 0 Å². The minimum atomic E-state index is -0.792. The summed E-state index contributed by atoms with van der Waals surface area (Å²) in [5.74, 6) is 0.485. The maximum absolute atomic E-state index is 11.7. The molecule has 0 saturated carbocycles. The topological polar surface area (TPSA) is 69.6 Å². The second-order valence-electron chi connectivity index (χ2n) is 6.14. The Morgan fingerprint density at radius 1 is 1.50 bits per heavy atom. The SMILES string of the molecule is CN(C)c1nccc(N2CCCC(C)(C)C2C(=O)O)n1. The van der Waals surface area contributed by atoms with Gasteiger partial charge < -0.3 is 14.9 Å². The Labute approximate surface area is 119 Å². The molecule has 1 saturated heterocycles. The molecule has 0 amide bonds. The van der Waals surface area contributed by atoms with E-state index in [9.17, 15) is 9.90 Å². The van der Waals surface area contributed by atoms with E-state index in [1.165, 1.54) is 0 Å². The van der Waals surface area contributed by atoms with Gasteiger partial charge in [0.2, 0.25) is 5.95 Å². The summed E-state index contributed by atoms with van der Waals surface area (Å²) >= 11 is 0. The Morgan fingerprint density at radius 3 is 2.80 bits per heavy atom. The Bertz CT molecular complexity index is 502. The zero-order valence-corrected chi connectivity index (χ0v) is 12.5. The molecule has 2 heterocycles. The van der Waals surface area contributed by atoms with Crippen molar-refractivity contribution in [1.82, 2.24) is 9.97 Å². The van der Waals surface area contributed by atoms with Crippen LogP contribution in [0.3, 0.4) is 0 Å². The average molecular weight is 278 g/mol. The van der Waals surface area contributed by atoms with Crippen LogP contribution in [0.2, 0.25) is 0 Å². The van der Waals surface area contributed by atoms with Crippen molar-refractivity contribution >= 4 is 17.7 Å². The number of rotatable bonds is 3. The van der Waals surface area contributed by atoms with Crippen molar-refractivity contribution in [2.45, 2.75) is 32.7 Å². The first-order chi connectivity index (χ1) is 9.33. The van der Waals surface area contributed by atoms with Crippen LogP contribution in [0.15, 0.2) is 12.3 Å². The van der Waals surface area contributed by atoms with Crippen LogP contribution in [0, 0.1) is 5.41 Å². The molecule has 1 fully saturated rings. The van der Waals surface area contributed by atoms with Gasteiger partial charge in [-0.15, -0.1) is 0 Å². The van der Waals surface area contributed by atoms with Crippen molar-refractivity contribution in [3.8, 4) is 0 Å². The third-order valence-corrected chi connectivity index (χ3v) is 3.83. The molecule has 0 aliphatic carbocycles. The number of anilines is 2. The highest BCUT2D eigenvalue weighted by atomic mass is 16.4. The summed E-state index contributed by atoms with van der Waals surface area (Å²) in [4.78, 5) is 24.0. The molecule has 1 atom stereocenters. The van der Waals surface area contributed by atoms with E-state index in [2.05, 4.69) is 9.97 Å². The number of aliphatic carboxylic acids is 1. The first-order valence-corrected chi connectivity index (χ1v) is 6.83. The monoisotopic (exact) mass is 278 g/mol. The number of nitrogens with zero attached hydrogens (tertiary/aromatic N) is 4. The van der Waals surface area contributed by atoms with Gasteiger partial charge in [-0.25, -0.2) is 9.78 Å². The quantitative estimate of drug-likeness (QED) is 0.906. The van der Waals surface area contributed by atoms with Crippen LogP contribution < -0.4 is 9.80 Å². The molecule has 110 valence electrons. The molecular weight excluding hydrogens is 256 g/mol. The number of hydrogen-bond acceptors (Lipinski definition) is 5. The van der Waals surface area contributed by atoms with Crippen molar-refractivity contribution in [3.63, 3.8) is 0 Å². The molecule has 2 rings (SSSR count). The van der Waals surface area contributed by atoms with E-state index in [1.54, 1.807) is 12.3 Å². The Kier molecular flexibility index (Phi) is 3.83. The molecule has 0 radical (unpaired) electrons. The van der Waals surface area contributed by atoms with Crippen LogP contribution in [0.1, 0.15) is 26.7 Å². The zero-order chi connectivity index (χ0) is 14.9. The van der Waals surface area contributed by atoms with E-state index in [4.69, 9.17) is 0 Å². The first-order valence-electron chi connectivity index (χ1n) is 6.83. The van der Waals surface area contributed by atoms with Crippen LogP contribution >= 0.6 is 0 Å². The number of carbonyl (C=O) groups is 1. The second kappa shape index (κ2) is 5.26. The van der Waals surface area contributed by atoms with Crippen molar-refractivity contribution in [3.05, 3.63) is 12.3 Å². The second-order valence-corrected chi connectivity index (χ2v) is 6.14. The van der Waals surface area contributed by atoms with Gasteiger partial charge in [-0.2, -0.15) is 4.98 Å². The molecule has 20 heavy (non-hydrogen) atoms. The summed E-state index contributed by atoms with van der Waals surface area (Å²) in [6.07, 6.45) is 3.56. The average Bonchev–Trinajstić information content (AvgIpc) is 2.36. The highest BCUT2D eigenvalue weighted by Gasteiger charge is 2.43. The van der Waals surface area contributed by atoms with Gasteiger partial charge in [0.05, 0.1) is 0 Å². The Hall–Kier alpha value is -1.85. The van der Waals surface area contributed by atoms with Crippen molar-refractivity contribution < 1.29 is 9.90 Å². The molecule has 1 aliphatic heterocycles. The molecule has 1 aliphatic rings. The summed E-state index contributed by atoms with van der Waals surface area (Å²) in [5, 5.41) is 9.59. The Morgan fingerprint density at radius 2 is 2.20 bits per heavy atom. The maximum Gasteiger partial charge on any atom is 0.326 e. The molecule has 6 heteroatoms. The van der Waals surface area contributed by atoms with Gasteiger partial charge in [0.1, 0.15) is 11.9 Å². The van der Waals surface area contributed by atoms with Crippen LogP contribution in [-0.4, -0.2) is 47.7 Å². The number of aromatic nitrogens is 2. The van der Waals surface area contributed by atoms with Crippen molar-refractivity contribution in [1.29, 1.82) is 0 Å². The fraction of sp³-hybridized carbons (Fsp3) is 0.643. The predicted molar refractivity (Wildman–Crippen MR) is 78.1 cm³/mol. The zero-order valence-electron chi connectivity index (χ0n) is 12.5. The molecule has 1 aromatic rings. The van der Waals surface area contributed by atoms with Crippen LogP contribution in [0.5, 0.6) is 0 Å². The first kappa shape index (κ1) is 14.6. The third-order valence-electron chi connectivity index (χ3n) is 3.83. The van der Waals surface area contributed by atoms with Crippen molar-refractivity contribution in [2.24, 2.45) is 5.41 Å². The molecule has 0 bridgehead atoms. The lowest BCUT2D eigenvalue weighted by atomic mass is 9.76. The molecule has 0 aromatic carbocycles. The van der Waals surface area contributed by atoms with Gasteiger partial charge >= 0.3 is 5.97 Å². The van der Waals surface area contributed by atoms with Gasteiger partial charge in [-0.1, -0.05) is 13.8 Å². The number of hydrogen-bond donors (Lipinski definition) is 1. The number of piperidine rings is 1. The van der Waals surface area contributed by atoms with E-state index in [-0.39, 0.29) is 5.41 Å². The van der Waals surface area contributed by atoms with Gasteiger partial charge in [0, 0.05) is 26.8 Å². The van der Waals surface area contributed by atoms with E-state index >= 15 is 0 Å². The van der Waals surface area contributed by atoms with Gasteiger partial charge in [-0.3, -0.25) is 0 Å². The smallest absolute Gasteiger partial charge is 0.326 e. The largest absolute Gasteiger partial charge is 0.480 e. The molecule has 1 unspecified atom stereocenters. The summed E-state index contributed by atoms with van der Waals surface area (Å²) in [6, 6.07) is 1.23. The number of carboxylic acids is 1. The lowest BCUT2D eigenvalue weighted by Crippen LogP contribution is -2.54. The van der Waals surface area contributed by atoms with Crippen LogP contribution in [-0.2, 0) is 4.79 Å². The molecular formula is C14H22N4O2. The summed E-state index contributed by atoms with van der Waals surface area (Å²) in [5.41, 5.74) is -0.271. The highest BCUT2D eigenvalue weighted by molar-refractivity contribution is 5.79. The fourth-order valence-corrected chi connectivity index (χ4v) is 2.82. The molecule has 1 N–H and O–H groups in total. The predicted octanol–water partition coefficient (Wildman–Crippen LogP) is 1.62. The third kappa shape index (κ3) is 2.69. The molecule has 1 aromatic heterocycles. The van der Waals surface area contributed by atoms with Crippen LogP contribution in [0.4, 0.5) is 11.8 Å². The van der Waals surface area contributed by atoms with E-state index in [0.717, 1.165) is 12.8 Å². The fourth-order valence-electron chi connectivity index (χ4n) is 2.82. The molecule has 0 spiro atoms. The van der Waals surface area contributed by atoms with E-state index in [0.29, 0.717) is 18.3 Å². The van der Waals surface area contributed by atoms with Gasteiger partial charge in [0.15, 0.2) is 0 Å². The standard InChI is InChI=1S/C14H22N4O2/c1-14(2)7-5-9-18(11(14)12(19)20)10-6-8-15-13(16-10)17(3)4/h6,8,11H,5,7,9H2,1-4H3,(H,19,20). The van der Waals surface area contributed by atoms with E-state index < -0.39 is 12.0 Å². The van der Waals surface area contributed by atoms with Crippen molar-refractivity contribution in [2.75, 3.05) is 30.4 Å². The maximum atomic E-state index is 11.7. The van der Waals surface area contributed by atoms with Gasteiger partial charge in [-0.05, 0) is 24.3 Å². The highest BCUT2D eigenvalue weighted by Crippen LogP contribution is 2.37.